The molecule has 0 radical (unpaired) electrons. The molecule has 0 bridgehead atoms. The molecule has 5 heteroatoms. The second-order valence-electron chi connectivity index (χ2n) is 4.79. The van der Waals surface area contributed by atoms with Crippen molar-refractivity contribution in [2.45, 2.75) is 32.7 Å². The summed E-state index contributed by atoms with van der Waals surface area (Å²) in [6.07, 6.45) is 8.38. The van der Waals surface area contributed by atoms with E-state index in [0.29, 0.717) is 5.92 Å². The summed E-state index contributed by atoms with van der Waals surface area (Å²) in [5.74, 6) is 3.12. The molecule has 0 fully saturated rings. The average Bonchev–Trinajstić information content (AvgIpc) is 2.71. The SMILES string of the molecule is C#CCn1nnc2sc3c(c2c1=O)CCC(C)C3. The van der Waals surface area contributed by atoms with E-state index < -0.39 is 0 Å². The van der Waals surface area contributed by atoms with Gasteiger partial charge in [0.15, 0.2) is 4.83 Å². The van der Waals surface area contributed by atoms with Crippen molar-refractivity contribution in [3.63, 3.8) is 0 Å². The fourth-order valence-electron chi connectivity index (χ4n) is 2.48. The second-order valence-corrected chi connectivity index (χ2v) is 5.87. The monoisotopic (exact) mass is 259 g/mol. The molecule has 3 rings (SSSR count). The number of hydrogen-bond acceptors (Lipinski definition) is 4. The number of rotatable bonds is 1. The van der Waals surface area contributed by atoms with Crippen LogP contribution < -0.4 is 5.56 Å². The van der Waals surface area contributed by atoms with Crippen LogP contribution in [0, 0.1) is 18.3 Å². The average molecular weight is 259 g/mol. The Bertz CT molecular complexity index is 707. The number of fused-ring (bicyclic) bond motifs is 3. The molecule has 0 saturated carbocycles. The van der Waals surface area contributed by atoms with E-state index >= 15 is 0 Å². The van der Waals surface area contributed by atoms with Gasteiger partial charge in [-0.05, 0) is 30.7 Å². The number of terminal acetylenes is 1. The summed E-state index contributed by atoms with van der Waals surface area (Å²) in [6, 6.07) is 0. The third-order valence-corrected chi connectivity index (χ3v) is 4.56. The molecule has 0 N–H and O–H groups in total. The molecular weight excluding hydrogens is 246 g/mol. The summed E-state index contributed by atoms with van der Waals surface area (Å²) >= 11 is 1.61. The maximum absolute atomic E-state index is 12.3. The van der Waals surface area contributed by atoms with Crippen molar-refractivity contribution >= 4 is 21.6 Å². The van der Waals surface area contributed by atoms with Crippen molar-refractivity contribution in [2.75, 3.05) is 0 Å². The van der Waals surface area contributed by atoms with Crippen LogP contribution in [0.15, 0.2) is 4.79 Å². The fourth-order valence-corrected chi connectivity index (χ4v) is 3.80. The van der Waals surface area contributed by atoms with Gasteiger partial charge in [0.25, 0.3) is 5.56 Å². The molecule has 4 nitrogen and oxygen atoms in total. The topological polar surface area (TPSA) is 47.8 Å². The van der Waals surface area contributed by atoms with E-state index in [1.165, 1.54) is 15.1 Å². The molecule has 18 heavy (non-hydrogen) atoms. The van der Waals surface area contributed by atoms with Gasteiger partial charge in [-0.25, -0.2) is 0 Å². The van der Waals surface area contributed by atoms with Crippen molar-refractivity contribution < 1.29 is 0 Å². The van der Waals surface area contributed by atoms with Crippen LogP contribution in [0.3, 0.4) is 0 Å². The van der Waals surface area contributed by atoms with Crippen LogP contribution in [-0.2, 0) is 19.4 Å². The highest BCUT2D eigenvalue weighted by molar-refractivity contribution is 7.18. The van der Waals surface area contributed by atoms with Gasteiger partial charge in [0.1, 0.15) is 6.54 Å². The first-order chi connectivity index (χ1) is 8.70. The Morgan fingerprint density at radius 2 is 2.44 bits per heavy atom. The predicted molar refractivity (Wildman–Crippen MR) is 71.7 cm³/mol. The maximum atomic E-state index is 12.3. The number of thiophene rings is 1. The molecule has 2 aromatic rings. The Kier molecular flexibility index (Phi) is 2.67. The molecule has 1 unspecified atom stereocenters. The highest BCUT2D eigenvalue weighted by Gasteiger charge is 2.23. The molecule has 0 aliphatic heterocycles. The summed E-state index contributed by atoms with van der Waals surface area (Å²) < 4.78 is 1.27. The summed E-state index contributed by atoms with van der Waals surface area (Å²) in [4.78, 5) is 14.4. The summed E-state index contributed by atoms with van der Waals surface area (Å²) in [5.41, 5.74) is 1.09. The standard InChI is InChI=1S/C13H13N3OS/c1-3-6-16-13(17)11-9-5-4-8(2)7-10(9)18-12(11)14-15-16/h1,8H,4-7H2,2H3. The van der Waals surface area contributed by atoms with Crippen molar-refractivity contribution in [1.82, 2.24) is 15.0 Å². The van der Waals surface area contributed by atoms with Crippen LogP contribution in [0.25, 0.3) is 10.2 Å². The van der Waals surface area contributed by atoms with Gasteiger partial charge in [0.05, 0.1) is 5.39 Å². The smallest absolute Gasteiger partial charge is 0.267 e. The lowest BCUT2D eigenvalue weighted by molar-refractivity contribution is 0.508. The first-order valence-electron chi connectivity index (χ1n) is 6.02. The number of nitrogens with zero attached hydrogens (tertiary/aromatic N) is 3. The molecule has 1 aliphatic carbocycles. The van der Waals surface area contributed by atoms with E-state index in [-0.39, 0.29) is 12.1 Å². The van der Waals surface area contributed by atoms with Gasteiger partial charge in [0, 0.05) is 4.88 Å². The molecule has 0 spiro atoms. The van der Waals surface area contributed by atoms with Crippen LogP contribution in [0.2, 0.25) is 0 Å². The van der Waals surface area contributed by atoms with Crippen LogP contribution in [0.5, 0.6) is 0 Å². The van der Waals surface area contributed by atoms with Crippen molar-refractivity contribution in [3.05, 3.63) is 20.8 Å². The van der Waals surface area contributed by atoms with Gasteiger partial charge in [0.2, 0.25) is 0 Å². The van der Waals surface area contributed by atoms with Crippen LogP contribution >= 0.6 is 11.3 Å². The van der Waals surface area contributed by atoms with E-state index in [1.54, 1.807) is 11.3 Å². The quantitative estimate of drug-likeness (QED) is 0.731. The lowest BCUT2D eigenvalue weighted by Gasteiger charge is -2.17. The third kappa shape index (κ3) is 1.65. The lowest BCUT2D eigenvalue weighted by atomic mass is 9.89. The van der Waals surface area contributed by atoms with E-state index in [2.05, 4.69) is 23.2 Å². The second kappa shape index (κ2) is 4.21. The van der Waals surface area contributed by atoms with Gasteiger partial charge in [-0.3, -0.25) is 4.79 Å². The highest BCUT2D eigenvalue weighted by atomic mass is 32.1. The number of hydrogen-bond donors (Lipinski definition) is 0. The zero-order valence-corrected chi connectivity index (χ0v) is 11.0. The zero-order chi connectivity index (χ0) is 12.7. The molecule has 0 aromatic carbocycles. The molecule has 0 amide bonds. The summed E-state index contributed by atoms with van der Waals surface area (Å²) in [7, 11) is 0. The summed E-state index contributed by atoms with van der Waals surface area (Å²) in [5, 5.41) is 8.75. The van der Waals surface area contributed by atoms with Gasteiger partial charge in [-0.1, -0.05) is 18.1 Å². The Balaban J connectivity index is 2.26. The molecule has 2 heterocycles. The van der Waals surface area contributed by atoms with Crippen molar-refractivity contribution in [2.24, 2.45) is 5.92 Å². The maximum Gasteiger partial charge on any atom is 0.279 e. The van der Waals surface area contributed by atoms with Gasteiger partial charge < -0.3 is 0 Å². The third-order valence-electron chi connectivity index (χ3n) is 3.43. The Hall–Kier alpha value is -1.67. The lowest BCUT2D eigenvalue weighted by Crippen LogP contribution is -2.24. The number of aromatic nitrogens is 3. The van der Waals surface area contributed by atoms with Gasteiger partial charge in [-0.15, -0.1) is 22.9 Å². The van der Waals surface area contributed by atoms with Crippen LogP contribution in [0.4, 0.5) is 0 Å². The minimum absolute atomic E-state index is 0.0926. The van der Waals surface area contributed by atoms with E-state index in [4.69, 9.17) is 6.42 Å². The van der Waals surface area contributed by atoms with E-state index in [9.17, 15) is 4.79 Å². The normalized spacial score (nSPS) is 18.6. The van der Waals surface area contributed by atoms with E-state index in [1.807, 2.05) is 0 Å². The molecular formula is C13H13N3OS. The van der Waals surface area contributed by atoms with Crippen LogP contribution in [-0.4, -0.2) is 15.0 Å². The first kappa shape index (κ1) is 11.4. The molecule has 1 aliphatic rings. The Labute approximate surface area is 109 Å². The largest absolute Gasteiger partial charge is 0.279 e. The predicted octanol–water partition coefficient (Wildman–Crippen LogP) is 1.61. The minimum atomic E-state index is -0.0926. The fraction of sp³-hybridized carbons (Fsp3) is 0.462. The van der Waals surface area contributed by atoms with Gasteiger partial charge >= 0.3 is 0 Å². The van der Waals surface area contributed by atoms with Crippen LogP contribution in [0.1, 0.15) is 23.8 Å². The molecule has 2 aromatic heterocycles. The zero-order valence-electron chi connectivity index (χ0n) is 10.1. The molecule has 0 saturated heterocycles. The highest BCUT2D eigenvalue weighted by Crippen LogP contribution is 2.35. The molecule has 1 atom stereocenters. The van der Waals surface area contributed by atoms with Crippen molar-refractivity contribution in [3.8, 4) is 12.3 Å². The van der Waals surface area contributed by atoms with E-state index in [0.717, 1.165) is 29.5 Å². The Morgan fingerprint density at radius 1 is 1.61 bits per heavy atom. The van der Waals surface area contributed by atoms with Crippen molar-refractivity contribution in [1.29, 1.82) is 0 Å². The summed E-state index contributed by atoms with van der Waals surface area (Å²) in [6.45, 7) is 2.43. The minimum Gasteiger partial charge on any atom is -0.267 e. The molecule has 92 valence electrons. The number of aryl methyl sites for hydroxylation is 1. The first-order valence-corrected chi connectivity index (χ1v) is 6.84. The Morgan fingerprint density at radius 3 is 3.22 bits per heavy atom. The van der Waals surface area contributed by atoms with Gasteiger partial charge in [-0.2, -0.15) is 4.68 Å².